The Morgan fingerprint density at radius 1 is 1.42 bits per heavy atom. The number of hydrogen-bond donors (Lipinski definition) is 2. The number of carbonyl (C=O) groups excluding carboxylic acids is 1. The fraction of sp³-hybridized carbons (Fsp3) is 0.400. The van der Waals surface area contributed by atoms with Crippen LogP contribution in [0.4, 0.5) is 0 Å². The Morgan fingerprint density at radius 2 is 2.21 bits per heavy atom. The van der Waals surface area contributed by atoms with Crippen LogP contribution < -0.4 is 5.32 Å². The van der Waals surface area contributed by atoms with Gasteiger partial charge in [-0.25, -0.2) is 0 Å². The zero-order chi connectivity index (χ0) is 13.8. The van der Waals surface area contributed by atoms with Crippen molar-refractivity contribution in [3.63, 3.8) is 0 Å². The van der Waals surface area contributed by atoms with Crippen molar-refractivity contribution in [2.24, 2.45) is 0 Å². The maximum atomic E-state index is 11.4. The van der Waals surface area contributed by atoms with Crippen LogP contribution in [0.5, 0.6) is 0 Å². The summed E-state index contributed by atoms with van der Waals surface area (Å²) in [4.78, 5) is 16.8. The Bertz CT molecular complexity index is 561. The highest BCUT2D eigenvalue weighted by atomic mass is 16.1. The van der Waals surface area contributed by atoms with Gasteiger partial charge in [0, 0.05) is 37.8 Å². The molecule has 0 bridgehead atoms. The highest BCUT2D eigenvalue weighted by Gasteiger charge is 2.13. The van der Waals surface area contributed by atoms with Gasteiger partial charge in [0.1, 0.15) is 0 Å². The van der Waals surface area contributed by atoms with Crippen molar-refractivity contribution in [3.8, 4) is 0 Å². The minimum Gasteiger partial charge on any atom is -0.361 e. The highest BCUT2D eigenvalue weighted by molar-refractivity contribution is 5.79. The van der Waals surface area contributed by atoms with Crippen molar-refractivity contribution in [2.75, 3.05) is 14.1 Å². The second-order valence-electron chi connectivity index (χ2n) is 5.04. The molecule has 1 amide bonds. The molecule has 102 valence electrons. The van der Waals surface area contributed by atoms with Gasteiger partial charge in [-0.05, 0) is 43.1 Å². The molecular formula is C15H21N3O. The second-order valence-corrected chi connectivity index (χ2v) is 5.04. The fourth-order valence-electron chi connectivity index (χ4n) is 2.17. The standard InChI is InChI=1S/C15H21N3O/c1-11(8-15(19)16-2)18(3)10-12-4-5-14-13(9-12)6-7-17-14/h4-7,9,11,17H,8,10H2,1-3H3,(H,16,19)/t11-/m0/s1. The van der Waals surface area contributed by atoms with Gasteiger partial charge >= 0.3 is 0 Å². The molecule has 0 saturated heterocycles. The summed E-state index contributed by atoms with van der Waals surface area (Å²) in [5, 5.41) is 3.89. The number of nitrogens with zero attached hydrogens (tertiary/aromatic N) is 1. The Labute approximate surface area is 113 Å². The molecule has 0 spiro atoms. The minimum absolute atomic E-state index is 0.0837. The second kappa shape index (κ2) is 5.89. The Morgan fingerprint density at radius 3 is 2.95 bits per heavy atom. The number of nitrogens with one attached hydrogen (secondary N) is 2. The van der Waals surface area contributed by atoms with E-state index in [1.807, 2.05) is 6.20 Å². The third kappa shape index (κ3) is 3.35. The summed E-state index contributed by atoms with van der Waals surface area (Å²) >= 11 is 0. The van der Waals surface area contributed by atoms with E-state index in [2.05, 4.69) is 53.4 Å². The number of aromatic nitrogens is 1. The average Bonchev–Trinajstić information content (AvgIpc) is 2.85. The lowest BCUT2D eigenvalue weighted by atomic mass is 10.1. The average molecular weight is 259 g/mol. The topological polar surface area (TPSA) is 48.1 Å². The van der Waals surface area contributed by atoms with Gasteiger partial charge in [-0.2, -0.15) is 0 Å². The van der Waals surface area contributed by atoms with Crippen molar-refractivity contribution in [3.05, 3.63) is 36.0 Å². The van der Waals surface area contributed by atoms with Crippen molar-refractivity contribution >= 4 is 16.8 Å². The first-order valence-corrected chi connectivity index (χ1v) is 6.57. The molecule has 0 aliphatic heterocycles. The first-order valence-electron chi connectivity index (χ1n) is 6.57. The van der Waals surface area contributed by atoms with E-state index >= 15 is 0 Å². The lowest BCUT2D eigenvalue weighted by Crippen LogP contribution is -2.33. The van der Waals surface area contributed by atoms with E-state index in [9.17, 15) is 4.79 Å². The van der Waals surface area contributed by atoms with Crippen LogP contribution in [0.2, 0.25) is 0 Å². The van der Waals surface area contributed by atoms with Gasteiger partial charge in [0.05, 0.1) is 0 Å². The zero-order valence-corrected chi connectivity index (χ0v) is 11.7. The summed E-state index contributed by atoms with van der Waals surface area (Å²) in [7, 11) is 3.73. The molecule has 2 N–H and O–H groups in total. The smallest absolute Gasteiger partial charge is 0.221 e. The van der Waals surface area contributed by atoms with Crippen molar-refractivity contribution in [1.29, 1.82) is 0 Å². The molecule has 4 heteroatoms. The van der Waals surface area contributed by atoms with E-state index in [0.717, 1.165) is 12.1 Å². The maximum absolute atomic E-state index is 11.4. The predicted molar refractivity (Wildman–Crippen MR) is 77.9 cm³/mol. The molecule has 0 unspecified atom stereocenters. The number of fused-ring (bicyclic) bond motifs is 1. The van der Waals surface area contributed by atoms with Gasteiger partial charge in [-0.3, -0.25) is 9.69 Å². The van der Waals surface area contributed by atoms with Crippen LogP contribution in [0, 0.1) is 0 Å². The van der Waals surface area contributed by atoms with Crippen LogP contribution in [-0.2, 0) is 11.3 Å². The third-order valence-corrected chi connectivity index (χ3v) is 3.56. The summed E-state index contributed by atoms with van der Waals surface area (Å²) in [5.41, 5.74) is 2.42. The normalized spacial score (nSPS) is 12.8. The number of hydrogen-bond acceptors (Lipinski definition) is 2. The van der Waals surface area contributed by atoms with E-state index in [-0.39, 0.29) is 11.9 Å². The first kappa shape index (κ1) is 13.6. The fourth-order valence-corrected chi connectivity index (χ4v) is 2.17. The Balaban J connectivity index is 2.01. The van der Waals surface area contributed by atoms with Gasteiger partial charge < -0.3 is 10.3 Å². The van der Waals surface area contributed by atoms with Crippen molar-refractivity contribution < 1.29 is 4.79 Å². The van der Waals surface area contributed by atoms with Gasteiger partial charge in [-0.15, -0.1) is 0 Å². The molecule has 0 fully saturated rings. The quantitative estimate of drug-likeness (QED) is 0.864. The molecule has 0 saturated carbocycles. The molecule has 0 aliphatic carbocycles. The Kier molecular flexibility index (Phi) is 4.22. The predicted octanol–water partition coefficient (Wildman–Crippen LogP) is 2.12. The van der Waals surface area contributed by atoms with Crippen LogP contribution in [0.3, 0.4) is 0 Å². The first-order chi connectivity index (χ1) is 9.10. The largest absolute Gasteiger partial charge is 0.361 e. The highest BCUT2D eigenvalue weighted by Crippen LogP contribution is 2.16. The molecule has 1 atom stereocenters. The van der Waals surface area contributed by atoms with Gasteiger partial charge in [0.15, 0.2) is 0 Å². The summed E-state index contributed by atoms with van der Waals surface area (Å²) in [6.45, 7) is 2.92. The number of benzene rings is 1. The van der Waals surface area contributed by atoms with Crippen LogP contribution in [0.15, 0.2) is 30.5 Å². The summed E-state index contributed by atoms with van der Waals surface area (Å²) in [6, 6.07) is 8.72. The molecule has 0 radical (unpaired) electrons. The zero-order valence-electron chi connectivity index (χ0n) is 11.7. The lowest BCUT2D eigenvalue weighted by molar-refractivity contribution is -0.121. The van der Waals surface area contributed by atoms with Gasteiger partial charge in [-0.1, -0.05) is 6.07 Å². The summed E-state index contributed by atoms with van der Waals surface area (Å²) < 4.78 is 0. The van der Waals surface area contributed by atoms with Crippen LogP contribution in [-0.4, -0.2) is 35.9 Å². The summed E-state index contributed by atoms with van der Waals surface area (Å²) in [6.07, 6.45) is 2.48. The molecule has 19 heavy (non-hydrogen) atoms. The number of amides is 1. The molecule has 0 aliphatic rings. The van der Waals surface area contributed by atoms with E-state index in [4.69, 9.17) is 0 Å². The van der Waals surface area contributed by atoms with E-state index in [1.54, 1.807) is 7.05 Å². The Hall–Kier alpha value is -1.81. The van der Waals surface area contributed by atoms with Gasteiger partial charge in [0.25, 0.3) is 0 Å². The third-order valence-electron chi connectivity index (χ3n) is 3.56. The minimum atomic E-state index is 0.0837. The number of H-pyrrole nitrogens is 1. The molecule has 2 aromatic rings. The molecule has 1 heterocycles. The maximum Gasteiger partial charge on any atom is 0.221 e. The van der Waals surface area contributed by atoms with Crippen LogP contribution in [0.1, 0.15) is 18.9 Å². The summed E-state index contributed by atoms with van der Waals surface area (Å²) in [5.74, 6) is 0.0837. The molecule has 2 rings (SSSR count). The SMILES string of the molecule is CNC(=O)C[C@H](C)N(C)Cc1ccc2[nH]ccc2c1. The number of carbonyl (C=O) groups is 1. The van der Waals surface area contributed by atoms with E-state index in [0.29, 0.717) is 6.42 Å². The monoisotopic (exact) mass is 259 g/mol. The number of aromatic amines is 1. The lowest BCUT2D eigenvalue weighted by Gasteiger charge is -2.24. The number of rotatable bonds is 5. The van der Waals surface area contributed by atoms with Crippen molar-refractivity contribution in [2.45, 2.75) is 25.9 Å². The molecule has 4 nitrogen and oxygen atoms in total. The van der Waals surface area contributed by atoms with Crippen LogP contribution in [0.25, 0.3) is 10.9 Å². The van der Waals surface area contributed by atoms with Crippen LogP contribution >= 0.6 is 0 Å². The van der Waals surface area contributed by atoms with E-state index in [1.165, 1.54) is 10.9 Å². The molecular weight excluding hydrogens is 238 g/mol. The van der Waals surface area contributed by atoms with E-state index < -0.39 is 0 Å². The molecule has 1 aromatic carbocycles. The van der Waals surface area contributed by atoms with Crippen molar-refractivity contribution in [1.82, 2.24) is 15.2 Å². The van der Waals surface area contributed by atoms with Gasteiger partial charge in [0.2, 0.25) is 5.91 Å². The molecule has 1 aromatic heterocycles.